The van der Waals surface area contributed by atoms with Crippen LogP contribution in [0.1, 0.15) is 11.1 Å². The smallest absolute Gasteiger partial charge is 0.139 e. The highest BCUT2D eigenvalue weighted by Crippen LogP contribution is 2.22. The van der Waals surface area contributed by atoms with E-state index >= 15 is 0 Å². The van der Waals surface area contributed by atoms with Crippen LogP contribution in [0.3, 0.4) is 0 Å². The first-order chi connectivity index (χ1) is 12.3. The second-order valence-corrected chi connectivity index (χ2v) is 7.58. The third-order valence-electron chi connectivity index (χ3n) is 5.68. The number of benzene rings is 3. The molecule has 0 heterocycles. The normalized spacial score (nSPS) is 10.7. The van der Waals surface area contributed by atoms with Crippen molar-refractivity contribution >= 4 is 77.9 Å². The van der Waals surface area contributed by atoms with Crippen molar-refractivity contribution in [3.63, 3.8) is 0 Å². The van der Waals surface area contributed by atoms with Gasteiger partial charge in [0, 0.05) is 11.4 Å². The predicted molar refractivity (Wildman–Crippen MR) is 132 cm³/mol. The lowest BCUT2D eigenvalue weighted by atomic mass is 9.60. The molecule has 0 saturated heterocycles. The van der Waals surface area contributed by atoms with Crippen LogP contribution < -0.4 is 32.6 Å². The molecule has 124 valence electrons. The zero-order valence-electron chi connectivity index (χ0n) is 17.0. The molecule has 0 aliphatic heterocycles. The molecule has 6 heteroatoms. The molecule has 0 bridgehead atoms. The molecule has 0 unspecified atom stereocenters. The minimum absolute atomic E-state index is 1.12. The summed E-state index contributed by atoms with van der Waals surface area (Å²) in [7, 11) is 11.2. The number of hydrogen-bond donors (Lipinski definition) is 1. The van der Waals surface area contributed by atoms with E-state index in [4.69, 9.17) is 0 Å². The van der Waals surface area contributed by atoms with Crippen molar-refractivity contribution in [2.45, 2.75) is 13.8 Å². The van der Waals surface area contributed by atoms with Crippen molar-refractivity contribution in [2.75, 3.05) is 5.32 Å². The average Bonchev–Trinajstić information content (AvgIpc) is 2.59. The summed E-state index contributed by atoms with van der Waals surface area (Å²) in [6.07, 6.45) is 0. The van der Waals surface area contributed by atoms with Gasteiger partial charge in [0.2, 0.25) is 0 Å². The van der Waals surface area contributed by atoms with Gasteiger partial charge in [0.05, 0.1) is 0 Å². The molecule has 0 aliphatic carbocycles. The maximum Gasteiger partial charge on any atom is 0.139 e. The lowest BCUT2D eigenvalue weighted by molar-refractivity contribution is 1.37. The summed E-state index contributed by atoms with van der Waals surface area (Å²) in [4.78, 5) is 0. The van der Waals surface area contributed by atoms with E-state index in [9.17, 15) is 0 Å². The van der Waals surface area contributed by atoms with E-state index in [1.807, 2.05) is 0 Å². The Bertz CT molecular complexity index is 931. The molecule has 1 N–H and O–H groups in total. The van der Waals surface area contributed by atoms with Crippen molar-refractivity contribution in [1.29, 1.82) is 0 Å². The molecule has 0 aliphatic rings. The van der Waals surface area contributed by atoms with Crippen LogP contribution in [0.4, 0.5) is 11.4 Å². The first-order valence-corrected chi connectivity index (χ1v) is 9.30. The van der Waals surface area contributed by atoms with Gasteiger partial charge in [-0.25, -0.2) is 0 Å². The van der Waals surface area contributed by atoms with Crippen molar-refractivity contribution in [2.24, 2.45) is 0 Å². The van der Waals surface area contributed by atoms with Gasteiger partial charge in [-0.05, 0) is 60.4 Å². The SMILES string of the molecule is Bc1c(B)c(B)c(-c2ccc(Nc3cc(C)cc(C)c3)cc2)c(B)c1B. The highest BCUT2D eigenvalue weighted by molar-refractivity contribution is 6.68. The van der Waals surface area contributed by atoms with E-state index in [-0.39, 0.29) is 0 Å². The van der Waals surface area contributed by atoms with Crippen LogP contribution in [0.15, 0.2) is 42.5 Å². The summed E-state index contributed by atoms with van der Waals surface area (Å²) in [5, 5.41) is 3.53. The van der Waals surface area contributed by atoms with Crippen molar-refractivity contribution < 1.29 is 0 Å². The van der Waals surface area contributed by atoms with E-state index in [2.05, 4.69) is 101 Å². The van der Waals surface area contributed by atoms with Gasteiger partial charge in [0.15, 0.2) is 0 Å². The molecule has 0 radical (unpaired) electrons. The summed E-state index contributed by atoms with van der Waals surface area (Å²) in [6, 6.07) is 15.4. The zero-order valence-corrected chi connectivity index (χ0v) is 17.0. The van der Waals surface area contributed by atoms with Crippen molar-refractivity contribution in [3.8, 4) is 11.1 Å². The molecule has 0 saturated carbocycles. The maximum absolute atomic E-state index is 3.53. The van der Waals surface area contributed by atoms with Crippen LogP contribution in [-0.4, -0.2) is 39.2 Å². The standard InChI is InChI=1S/C20H24B5N/c1-10-7-11(2)9-14(8-10)26-13-5-3-12(4-6-13)15-16(21)18(23)20(25)19(24)17(15)22/h3-9,26H,21-25H2,1-2H3. The Morgan fingerprint density at radius 1 is 0.577 bits per heavy atom. The summed E-state index contributed by atoms with van der Waals surface area (Å²) in [5.74, 6) is 0. The van der Waals surface area contributed by atoms with Crippen LogP contribution in [0.2, 0.25) is 0 Å². The number of aryl methyl sites for hydroxylation is 2. The Morgan fingerprint density at radius 2 is 1.04 bits per heavy atom. The molecule has 0 amide bonds. The van der Waals surface area contributed by atoms with E-state index in [0.29, 0.717) is 0 Å². The highest BCUT2D eigenvalue weighted by atomic mass is 14.9. The summed E-state index contributed by atoms with van der Waals surface area (Å²) >= 11 is 0. The lowest BCUT2D eigenvalue weighted by Gasteiger charge is -2.20. The Hall–Kier alpha value is -2.22. The van der Waals surface area contributed by atoms with E-state index in [0.717, 1.165) is 11.4 Å². The Labute approximate surface area is 162 Å². The fourth-order valence-corrected chi connectivity index (χ4v) is 3.87. The largest absolute Gasteiger partial charge is 0.356 e. The molecular weight excluding hydrogens is 308 g/mol. The number of rotatable bonds is 3. The van der Waals surface area contributed by atoms with E-state index < -0.39 is 0 Å². The molecule has 3 aromatic rings. The van der Waals surface area contributed by atoms with Crippen LogP contribution in [0, 0.1) is 13.8 Å². The first-order valence-electron chi connectivity index (χ1n) is 9.30. The summed E-state index contributed by atoms with van der Waals surface area (Å²) in [6.45, 7) is 4.27. The average molecular weight is 332 g/mol. The summed E-state index contributed by atoms with van der Waals surface area (Å²) < 4.78 is 0. The highest BCUT2D eigenvalue weighted by Gasteiger charge is 2.12. The predicted octanol–water partition coefficient (Wildman–Crippen LogP) is -2.99. The zero-order chi connectivity index (χ0) is 19.0. The first kappa shape index (κ1) is 18.6. The Morgan fingerprint density at radius 3 is 1.54 bits per heavy atom. The van der Waals surface area contributed by atoms with E-state index in [1.165, 1.54) is 49.6 Å². The van der Waals surface area contributed by atoms with Gasteiger partial charge < -0.3 is 5.32 Å². The fourth-order valence-electron chi connectivity index (χ4n) is 3.87. The lowest BCUT2D eigenvalue weighted by Crippen LogP contribution is -2.55. The van der Waals surface area contributed by atoms with Crippen LogP contribution in [-0.2, 0) is 0 Å². The second-order valence-electron chi connectivity index (χ2n) is 7.58. The molecule has 3 rings (SSSR count). The van der Waals surface area contributed by atoms with Gasteiger partial charge in [-0.15, -0.1) is 16.4 Å². The minimum Gasteiger partial charge on any atom is -0.356 e. The third kappa shape index (κ3) is 3.51. The van der Waals surface area contributed by atoms with Gasteiger partial charge in [-0.1, -0.05) is 29.1 Å². The molecule has 0 atom stereocenters. The molecule has 0 spiro atoms. The van der Waals surface area contributed by atoms with Crippen molar-refractivity contribution in [1.82, 2.24) is 0 Å². The quantitative estimate of drug-likeness (QED) is 0.505. The van der Waals surface area contributed by atoms with Crippen LogP contribution in [0.25, 0.3) is 11.1 Å². The Balaban J connectivity index is 1.96. The number of nitrogens with one attached hydrogen (secondary N) is 1. The molecule has 3 aromatic carbocycles. The van der Waals surface area contributed by atoms with Gasteiger partial charge in [-0.2, -0.15) is 0 Å². The topological polar surface area (TPSA) is 12.0 Å². The van der Waals surface area contributed by atoms with Gasteiger partial charge in [0.1, 0.15) is 39.2 Å². The van der Waals surface area contributed by atoms with Crippen molar-refractivity contribution in [3.05, 3.63) is 53.6 Å². The minimum atomic E-state index is 1.12. The fraction of sp³-hybridized carbons (Fsp3) is 0.100. The third-order valence-corrected chi connectivity index (χ3v) is 5.68. The van der Waals surface area contributed by atoms with Gasteiger partial charge in [-0.3, -0.25) is 0 Å². The molecular formula is C20H24B5N. The van der Waals surface area contributed by atoms with Gasteiger partial charge >= 0.3 is 0 Å². The van der Waals surface area contributed by atoms with Gasteiger partial charge in [0.25, 0.3) is 0 Å². The summed E-state index contributed by atoms with van der Waals surface area (Å²) in [5.41, 5.74) is 14.5. The monoisotopic (exact) mass is 333 g/mol. The van der Waals surface area contributed by atoms with Crippen LogP contribution in [0.5, 0.6) is 0 Å². The molecule has 1 nitrogen and oxygen atoms in total. The molecule has 0 fully saturated rings. The van der Waals surface area contributed by atoms with E-state index in [1.54, 1.807) is 0 Å². The second kappa shape index (κ2) is 7.19. The van der Waals surface area contributed by atoms with Crippen LogP contribution >= 0.6 is 0 Å². The Kier molecular flexibility index (Phi) is 5.13. The maximum atomic E-state index is 3.53. The molecule has 0 aromatic heterocycles. The molecule has 26 heavy (non-hydrogen) atoms. The number of anilines is 2. The number of hydrogen-bond acceptors (Lipinski definition) is 1.